The second kappa shape index (κ2) is 12.7. The van der Waals surface area contributed by atoms with Gasteiger partial charge in [0.05, 0.1) is 0 Å². The first kappa shape index (κ1) is 20.0. The van der Waals surface area contributed by atoms with Crippen molar-refractivity contribution in [1.29, 1.82) is 0 Å². The van der Waals surface area contributed by atoms with Crippen LogP contribution in [0.15, 0.2) is 0 Å². The highest BCUT2D eigenvalue weighted by Crippen LogP contribution is 2.41. The van der Waals surface area contributed by atoms with Gasteiger partial charge in [-0.15, -0.1) is 0 Å². The van der Waals surface area contributed by atoms with Gasteiger partial charge >= 0.3 is 0 Å². The molecule has 0 rings (SSSR count). The summed E-state index contributed by atoms with van der Waals surface area (Å²) in [6, 6.07) is 0. The number of hydrogen-bond donors (Lipinski definition) is 0. The summed E-state index contributed by atoms with van der Waals surface area (Å²) in [6.07, 6.45) is 18.7. The fourth-order valence-corrected chi connectivity index (χ4v) is 3.75. The molecule has 0 fully saturated rings. The van der Waals surface area contributed by atoms with Crippen LogP contribution in [-0.4, -0.2) is 0 Å². The molecule has 0 heterocycles. The lowest BCUT2D eigenvalue weighted by Gasteiger charge is -2.37. The molecule has 0 aliphatic heterocycles. The molecule has 0 spiro atoms. The van der Waals surface area contributed by atoms with E-state index in [-0.39, 0.29) is 0 Å². The van der Waals surface area contributed by atoms with Crippen LogP contribution in [0.4, 0.5) is 0 Å². The highest BCUT2D eigenvalue weighted by molar-refractivity contribution is 4.80. The third-order valence-corrected chi connectivity index (χ3v) is 5.45. The predicted molar refractivity (Wildman–Crippen MR) is 94.3 cm³/mol. The Bertz CT molecular complexity index is 194. The fourth-order valence-electron chi connectivity index (χ4n) is 3.75. The molecule has 1 atom stereocenters. The molecule has 0 amide bonds. The van der Waals surface area contributed by atoms with Gasteiger partial charge in [-0.25, -0.2) is 0 Å². The minimum Gasteiger partial charge on any atom is -0.0654 e. The highest BCUT2D eigenvalue weighted by atomic mass is 14.3. The lowest BCUT2D eigenvalue weighted by atomic mass is 9.68. The average molecular weight is 283 g/mol. The minimum absolute atomic E-state index is 0.635. The van der Waals surface area contributed by atoms with Crippen molar-refractivity contribution in [3.63, 3.8) is 0 Å². The molecule has 0 saturated heterocycles. The van der Waals surface area contributed by atoms with Crippen LogP contribution in [0.2, 0.25) is 0 Å². The zero-order valence-corrected chi connectivity index (χ0v) is 15.3. The maximum Gasteiger partial charge on any atom is -0.0277 e. The largest absolute Gasteiger partial charge is 0.0654 e. The average Bonchev–Trinajstić information content (AvgIpc) is 2.44. The van der Waals surface area contributed by atoms with Gasteiger partial charge in [-0.1, -0.05) is 105 Å². The van der Waals surface area contributed by atoms with Crippen LogP contribution in [0.1, 0.15) is 118 Å². The summed E-state index contributed by atoms with van der Waals surface area (Å²) in [7, 11) is 0. The molecule has 0 aliphatic rings. The summed E-state index contributed by atoms with van der Waals surface area (Å²) >= 11 is 0. The third kappa shape index (κ3) is 8.32. The lowest BCUT2D eigenvalue weighted by molar-refractivity contribution is 0.139. The summed E-state index contributed by atoms with van der Waals surface area (Å²) in [5.74, 6) is 0.849. The van der Waals surface area contributed by atoms with Gasteiger partial charge in [0.25, 0.3) is 0 Å². The van der Waals surface area contributed by atoms with E-state index < -0.39 is 0 Å². The molecule has 0 saturated carbocycles. The fraction of sp³-hybridized carbons (Fsp3) is 1.00. The first-order chi connectivity index (χ1) is 9.63. The summed E-state index contributed by atoms with van der Waals surface area (Å²) in [5, 5.41) is 0. The lowest BCUT2D eigenvalue weighted by Crippen LogP contribution is -2.26. The van der Waals surface area contributed by atoms with Gasteiger partial charge in [0.1, 0.15) is 0 Å². The van der Waals surface area contributed by atoms with Crippen molar-refractivity contribution in [2.45, 2.75) is 118 Å². The molecule has 122 valence electrons. The van der Waals surface area contributed by atoms with Crippen LogP contribution in [0.3, 0.4) is 0 Å². The Kier molecular flexibility index (Phi) is 12.7. The topological polar surface area (TPSA) is 0 Å². The van der Waals surface area contributed by atoms with Crippen molar-refractivity contribution in [3.8, 4) is 0 Å². The van der Waals surface area contributed by atoms with E-state index in [0.717, 1.165) is 5.92 Å². The standard InChI is InChI=1S/C20H42/c1-6-9-10-11-12-13-14-15-16-18-20(8-3,17-7-2)19(4)5/h19H,6-18H2,1-5H3. The molecule has 0 N–H and O–H groups in total. The highest BCUT2D eigenvalue weighted by Gasteiger charge is 2.29. The Hall–Kier alpha value is 0. The molecular formula is C20H42. The third-order valence-electron chi connectivity index (χ3n) is 5.45. The van der Waals surface area contributed by atoms with Gasteiger partial charge in [0, 0.05) is 0 Å². The van der Waals surface area contributed by atoms with Gasteiger partial charge in [-0.3, -0.25) is 0 Å². The molecule has 0 aromatic heterocycles. The Morgan fingerprint density at radius 3 is 1.50 bits per heavy atom. The predicted octanol–water partition coefficient (Wildman–Crippen LogP) is 7.76. The Morgan fingerprint density at radius 2 is 1.10 bits per heavy atom. The normalized spacial score (nSPS) is 14.7. The maximum atomic E-state index is 2.44. The van der Waals surface area contributed by atoms with E-state index in [9.17, 15) is 0 Å². The number of unbranched alkanes of at least 4 members (excludes halogenated alkanes) is 8. The molecule has 0 radical (unpaired) electrons. The van der Waals surface area contributed by atoms with E-state index in [1.165, 1.54) is 83.5 Å². The molecule has 0 aromatic rings. The number of hydrogen-bond acceptors (Lipinski definition) is 0. The van der Waals surface area contributed by atoms with Crippen LogP contribution in [0.5, 0.6) is 0 Å². The zero-order valence-electron chi connectivity index (χ0n) is 15.3. The van der Waals surface area contributed by atoms with Crippen LogP contribution < -0.4 is 0 Å². The molecular weight excluding hydrogens is 240 g/mol. The Balaban J connectivity index is 3.69. The molecule has 0 aromatic carbocycles. The quantitative estimate of drug-likeness (QED) is 0.285. The first-order valence-corrected chi connectivity index (χ1v) is 9.63. The summed E-state index contributed by atoms with van der Waals surface area (Å²) in [4.78, 5) is 0. The van der Waals surface area contributed by atoms with E-state index in [4.69, 9.17) is 0 Å². The van der Waals surface area contributed by atoms with E-state index in [1.807, 2.05) is 0 Å². The van der Waals surface area contributed by atoms with Crippen molar-refractivity contribution in [2.75, 3.05) is 0 Å². The van der Waals surface area contributed by atoms with E-state index in [2.05, 4.69) is 34.6 Å². The number of rotatable bonds is 14. The SMILES string of the molecule is CCCCCCCCCCCC(CC)(CCC)C(C)C. The Morgan fingerprint density at radius 1 is 0.600 bits per heavy atom. The van der Waals surface area contributed by atoms with E-state index in [0.29, 0.717) is 5.41 Å². The van der Waals surface area contributed by atoms with E-state index in [1.54, 1.807) is 0 Å². The summed E-state index contributed by atoms with van der Waals surface area (Å²) in [6.45, 7) is 11.9. The monoisotopic (exact) mass is 282 g/mol. The van der Waals surface area contributed by atoms with Crippen molar-refractivity contribution < 1.29 is 0 Å². The maximum absolute atomic E-state index is 2.44. The minimum atomic E-state index is 0.635. The van der Waals surface area contributed by atoms with Crippen LogP contribution in [-0.2, 0) is 0 Å². The molecule has 0 nitrogen and oxygen atoms in total. The van der Waals surface area contributed by atoms with Gasteiger partial charge in [0.15, 0.2) is 0 Å². The Labute approximate surface area is 130 Å². The van der Waals surface area contributed by atoms with Crippen LogP contribution in [0.25, 0.3) is 0 Å². The first-order valence-electron chi connectivity index (χ1n) is 9.63. The van der Waals surface area contributed by atoms with Crippen molar-refractivity contribution in [2.24, 2.45) is 11.3 Å². The summed E-state index contributed by atoms with van der Waals surface area (Å²) in [5.41, 5.74) is 0.635. The van der Waals surface area contributed by atoms with E-state index >= 15 is 0 Å². The zero-order chi connectivity index (χ0) is 15.3. The summed E-state index contributed by atoms with van der Waals surface area (Å²) < 4.78 is 0. The second-order valence-corrected chi connectivity index (χ2v) is 7.20. The van der Waals surface area contributed by atoms with Crippen molar-refractivity contribution >= 4 is 0 Å². The van der Waals surface area contributed by atoms with Gasteiger partial charge in [0.2, 0.25) is 0 Å². The van der Waals surface area contributed by atoms with Crippen molar-refractivity contribution in [1.82, 2.24) is 0 Å². The van der Waals surface area contributed by atoms with Crippen LogP contribution >= 0.6 is 0 Å². The van der Waals surface area contributed by atoms with Crippen molar-refractivity contribution in [3.05, 3.63) is 0 Å². The van der Waals surface area contributed by atoms with Crippen LogP contribution in [0, 0.1) is 11.3 Å². The smallest absolute Gasteiger partial charge is 0.0277 e. The molecule has 20 heavy (non-hydrogen) atoms. The molecule has 0 aliphatic carbocycles. The van der Waals surface area contributed by atoms with Gasteiger partial charge in [-0.05, 0) is 24.2 Å². The molecule has 0 heteroatoms. The van der Waals surface area contributed by atoms with Gasteiger partial charge < -0.3 is 0 Å². The molecule has 1 unspecified atom stereocenters. The molecule has 0 bridgehead atoms. The second-order valence-electron chi connectivity index (χ2n) is 7.20. The van der Waals surface area contributed by atoms with Gasteiger partial charge in [-0.2, -0.15) is 0 Å².